The lowest BCUT2D eigenvalue weighted by atomic mass is 10.4. The molecule has 3 unspecified atom stereocenters. The molecule has 1 aliphatic rings. The Morgan fingerprint density at radius 2 is 2.19 bits per heavy atom. The Balaban J connectivity index is 0.00000225. The van der Waals surface area contributed by atoms with Crippen LogP contribution >= 0.6 is 24.0 Å². The summed E-state index contributed by atoms with van der Waals surface area (Å²) in [6.07, 6.45) is 1.25. The normalized spacial score (nSPS) is 25.6. The topological polar surface area (TPSA) is 45.7 Å². The number of aliphatic imine (C=N–C) groups is 1. The molecular formula is C11H24IN3O. The van der Waals surface area contributed by atoms with Gasteiger partial charge in [0.1, 0.15) is 0 Å². The van der Waals surface area contributed by atoms with E-state index in [1.54, 1.807) is 7.11 Å². The van der Waals surface area contributed by atoms with Crippen LogP contribution in [0.1, 0.15) is 27.2 Å². The van der Waals surface area contributed by atoms with Crippen LogP contribution in [0, 0.1) is 5.92 Å². The first kappa shape index (κ1) is 16.0. The number of rotatable bonds is 5. The first-order chi connectivity index (χ1) is 7.17. The van der Waals surface area contributed by atoms with Gasteiger partial charge < -0.3 is 15.4 Å². The largest absolute Gasteiger partial charge is 0.383 e. The molecule has 1 fully saturated rings. The summed E-state index contributed by atoms with van der Waals surface area (Å²) in [5.41, 5.74) is 0. The fourth-order valence-corrected chi connectivity index (χ4v) is 1.51. The summed E-state index contributed by atoms with van der Waals surface area (Å²) in [5.74, 6) is 1.70. The fraction of sp³-hybridized carbons (Fsp3) is 0.909. The molecular weight excluding hydrogens is 317 g/mol. The molecule has 0 spiro atoms. The lowest BCUT2D eigenvalue weighted by Crippen LogP contribution is -2.45. The maximum absolute atomic E-state index is 5.08. The lowest BCUT2D eigenvalue weighted by Gasteiger charge is -2.17. The molecule has 5 heteroatoms. The fourth-order valence-electron chi connectivity index (χ4n) is 1.51. The minimum atomic E-state index is 0. The average Bonchev–Trinajstić information content (AvgIpc) is 2.82. The van der Waals surface area contributed by atoms with Crippen molar-refractivity contribution in [1.82, 2.24) is 10.6 Å². The second-order valence-electron chi connectivity index (χ2n) is 4.29. The molecule has 0 amide bonds. The van der Waals surface area contributed by atoms with Crippen LogP contribution in [0.2, 0.25) is 0 Å². The number of halogens is 1. The van der Waals surface area contributed by atoms with E-state index in [1.165, 1.54) is 6.42 Å². The van der Waals surface area contributed by atoms with Crippen molar-refractivity contribution < 1.29 is 4.74 Å². The summed E-state index contributed by atoms with van der Waals surface area (Å²) in [6.45, 7) is 7.88. The van der Waals surface area contributed by atoms with Crippen molar-refractivity contribution in [3.63, 3.8) is 0 Å². The van der Waals surface area contributed by atoms with E-state index in [1.807, 2.05) is 6.92 Å². The molecule has 0 aromatic carbocycles. The first-order valence-corrected chi connectivity index (χ1v) is 5.73. The molecule has 16 heavy (non-hydrogen) atoms. The Morgan fingerprint density at radius 1 is 1.56 bits per heavy atom. The van der Waals surface area contributed by atoms with Gasteiger partial charge in [-0.2, -0.15) is 0 Å². The standard InChI is InChI=1S/C11H23N3O.HI/c1-5-12-11(13-9(3)7-15-4)14-10-6-8(10)2;/h8-10H,5-7H2,1-4H3,(H2,12,13,14);1H. The van der Waals surface area contributed by atoms with E-state index < -0.39 is 0 Å². The van der Waals surface area contributed by atoms with Crippen molar-refractivity contribution in [3.8, 4) is 0 Å². The van der Waals surface area contributed by atoms with Gasteiger partial charge in [-0.1, -0.05) is 6.92 Å². The highest BCUT2D eigenvalue weighted by atomic mass is 127. The number of ether oxygens (including phenoxy) is 1. The van der Waals surface area contributed by atoms with Gasteiger partial charge in [-0.15, -0.1) is 24.0 Å². The van der Waals surface area contributed by atoms with E-state index in [4.69, 9.17) is 4.74 Å². The molecule has 0 heterocycles. The summed E-state index contributed by atoms with van der Waals surface area (Å²) < 4.78 is 5.08. The zero-order chi connectivity index (χ0) is 11.3. The van der Waals surface area contributed by atoms with Crippen LogP contribution in [0.4, 0.5) is 0 Å². The SMILES string of the molecule is CCN=C(NC(C)COC)NC1CC1C.I. The van der Waals surface area contributed by atoms with E-state index in [0.29, 0.717) is 18.7 Å². The van der Waals surface area contributed by atoms with Crippen molar-refractivity contribution in [2.24, 2.45) is 10.9 Å². The Kier molecular flexibility index (Phi) is 8.09. The second kappa shape index (κ2) is 8.11. The number of hydrogen-bond acceptors (Lipinski definition) is 2. The maximum Gasteiger partial charge on any atom is 0.191 e. The van der Waals surface area contributed by atoms with Crippen LogP contribution < -0.4 is 10.6 Å². The van der Waals surface area contributed by atoms with E-state index in [-0.39, 0.29) is 24.0 Å². The van der Waals surface area contributed by atoms with Crippen molar-refractivity contribution >= 4 is 29.9 Å². The second-order valence-corrected chi connectivity index (χ2v) is 4.29. The van der Waals surface area contributed by atoms with Gasteiger partial charge in [-0.05, 0) is 26.2 Å². The number of nitrogens with zero attached hydrogens (tertiary/aromatic N) is 1. The Bertz CT molecular complexity index is 223. The molecule has 2 N–H and O–H groups in total. The third-order valence-corrected chi connectivity index (χ3v) is 2.55. The van der Waals surface area contributed by atoms with Gasteiger partial charge in [0.15, 0.2) is 5.96 Å². The smallest absolute Gasteiger partial charge is 0.191 e. The summed E-state index contributed by atoms with van der Waals surface area (Å²) in [7, 11) is 1.71. The van der Waals surface area contributed by atoms with Crippen molar-refractivity contribution in [3.05, 3.63) is 0 Å². The highest BCUT2D eigenvalue weighted by molar-refractivity contribution is 14.0. The van der Waals surface area contributed by atoms with Crippen LogP contribution in [-0.2, 0) is 4.74 Å². The zero-order valence-corrected chi connectivity index (χ0v) is 12.9. The summed E-state index contributed by atoms with van der Waals surface area (Å²) >= 11 is 0. The Hall–Kier alpha value is -0.0400. The van der Waals surface area contributed by atoms with Crippen LogP contribution in [0.5, 0.6) is 0 Å². The third-order valence-electron chi connectivity index (χ3n) is 2.55. The van der Waals surface area contributed by atoms with Crippen LogP contribution in [-0.4, -0.2) is 38.3 Å². The zero-order valence-electron chi connectivity index (χ0n) is 10.6. The van der Waals surface area contributed by atoms with Crippen LogP contribution in [0.3, 0.4) is 0 Å². The van der Waals surface area contributed by atoms with E-state index in [2.05, 4.69) is 29.5 Å². The minimum absolute atomic E-state index is 0. The quantitative estimate of drug-likeness (QED) is 0.454. The molecule has 0 bridgehead atoms. The highest BCUT2D eigenvalue weighted by Crippen LogP contribution is 2.28. The first-order valence-electron chi connectivity index (χ1n) is 5.73. The summed E-state index contributed by atoms with van der Waals surface area (Å²) in [4.78, 5) is 4.40. The average molecular weight is 341 g/mol. The van der Waals surface area contributed by atoms with Crippen LogP contribution in [0.25, 0.3) is 0 Å². The van der Waals surface area contributed by atoms with E-state index >= 15 is 0 Å². The van der Waals surface area contributed by atoms with Gasteiger partial charge in [-0.3, -0.25) is 4.99 Å². The summed E-state index contributed by atoms with van der Waals surface area (Å²) in [6, 6.07) is 0.902. The minimum Gasteiger partial charge on any atom is -0.383 e. The van der Waals surface area contributed by atoms with Crippen molar-refractivity contribution in [2.45, 2.75) is 39.3 Å². The molecule has 0 aromatic heterocycles. The molecule has 1 rings (SSSR count). The van der Waals surface area contributed by atoms with Crippen LogP contribution in [0.15, 0.2) is 4.99 Å². The van der Waals surface area contributed by atoms with Gasteiger partial charge in [0.25, 0.3) is 0 Å². The molecule has 0 aliphatic heterocycles. The molecule has 0 aromatic rings. The number of guanidine groups is 1. The number of methoxy groups -OCH3 is 1. The van der Waals surface area contributed by atoms with E-state index in [0.717, 1.165) is 18.4 Å². The molecule has 0 saturated heterocycles. The third kappa shape index (κ3) is 5.89. The number of nitrogens with one attached hydrogen (secondary N) is 2. The predicted octanol–water partition coefficient (Wildman–Crippen LogP) is 1.60. The van der Waals surface area contributed by atoms with E-state index in [9.17, 15) is 0 Å². The molecule has 1 saturated carbocycles. The van der Waals surface area contributed by atoms with Gasteiger partial charge in [0.2, 0.25) is 0 Å². The molecule has 4 nitrogen and oxygen atoms in total. The highest BCUT2D eigenvalue weighted by Gasteiger charge is 2.33. The number of hydrogen-bond donors (Lipinski definition) is 2. The summed E-state index contributed by atoms with van der Waals surface area (Å²) in [5, 5.41) is 6.74. The van der Waals surface area contributed by atoms with Crippen molar-refractivity contribution in [1.29, 1.82) is 0 Å². The molecule has 96 valence electrons. The van der Waals surface area contributed by atoms with Gasteiger partial charge >= 0.3 is 0 Å². The molecule has 3 atom stereocenters. The monoisotopic (exact) mass is 341 g/mol. The van der Waals surface area contributed by atoms with Gasteiger partial charge in [-0.25, -0.2) is 0 Å². The lowest BCUT2D eigenvalue weighted by molar-refractivity contribution is 0.179. The Labute approximate surface area is 116 Å². The molecule has 1 aliphatic carbocycles. The maximum atomic E-state index is 5.08. The van der Waals surface area contributed by atoms with Gasteiger partial charge in [0.05, 0.1) is 6.61 Å². The van der Waals surface area contributed by atoms with Crippen molar-refractivity contribution in [2.75, 3.05) is 20.3 Å². The Morgan fingerprint density at radius 3 is 2.62 bits per heavy atom. The molecule has 0 radical (unpaired) electrons. The predicted molar refractivity (Wildman–Crippen MR) is 78.6 cm³/mol. The van der Waals surface area contributed by atoms with Gasteiger partial charge in [0, 0.05) is 25.7 Å².